The van der Waals surface area contributed by atoms with Gasteiger partial charge in [0.05, 0.1) is 31.8 Å². The summed E-state index contributed by atoms with van der Waals surface area (Å²) in [7, 11) is 0. The normalized spacial score (nSPS) is 10.5. The maximum Gasteiger partial charge on any atom is 0.303 e. The SMILES string of the molecule is CCCC(=O)O.OCC(CO)(CO)CO. The highest BCUT2D eigenvalue weighted by molar-refractivity contribution is 5.66. The van der Waals surface area contributed by atoms with Crippen molar-refractivity contribution in [3.8, 4) is 0 Å². The van der Waals surface area contributed by atoms with Crippen LogP contribution in [0.3, 0.4) is 0 Å². The van der Waals surface area contributed by atoms with E-state index in [0.29, 0.717) is 6.42 Å². The molecule has 0 saturated heterocycles. The number of rotatable bonds is 6. The van der Waals surface area contributed by atoms with E-state index < -0.39 is 37.8 Å². The summed E-state index contributed by atoms with van der Waals surface area (Å²) in [5, 5.41) is 41.9. The van der Waals surface area contributed by atoms with Crippen molar-refractivity contribution in [3.63, 3.8) is 0 Å². The van der Waals surface area contributed by atoms with Gasteiger partial charge >= 0.3 is 5.97 Å². The summed E-state index contributed by atoms with van der Waals surface area (Å²) in [5.41, 5.74) is -1.11. The van der Waals surface area contributed by atoms with Gasteiger partial charge in [0.15, 0.2) is 0 Å². The monoisotopic (exact) mass is 224 g/mol. The first-order chi connectivity index (χ1) is 7.01. The molecule has 0 bridgehead atoms. The molecule has 0 rings (SSSR count). The number of aliphatic hydroxyl groups excluding tert-OH is 4. The van der Waals surface area contributed by atoms with Crippen LogP contribution in [0.1, 0.15) is 19.8 Å². The summed E-state index contributed by atoms with van der Waals surface area (Å²) in [5.74, 6) is -0.711. The van der Waals surface area contributed by atoms with Crippen LogP contribution in [0.4, 0.5) is 0 Å². The van der Waals surface area contributed by atoms with Gasteiger partial charge in [0.2, 0.25) is 0 Å². The molecule has 0 unspecified atom stereocenters. The lowest BCUT2D eigenvalue weighted by Crippen LogP contribution is -2.37. The van der Waals surface area contributed by atoms with Crippen LogP contribution in [0.5, 0.6) is 0 Å². The maximum atomic E-state index is 9.60. The van der Waals surface area contributed by atoms with Crippen molar-refractivity contribution in [1.82, 2.24) is 0 Å². The first-order valence-electron chi connectivity index (χ1n) is 4.67. The van der Waals surface area contributed by atoms with Crippen molar-refractivity contribution in [2.24, 2.45) is 5.41 Å². The van der Waals surface area contributed by atoms with Gasteiger partial charge in [-0.05, 0) is 6.42 Å². The predicted molar refractivity (Wildman–Crippen MR) is 53.3 cm³/mol. The second-order valence-electron chi connectivity index (χ2n) is 3.28. The van der Waals surface area contributed by atoms with Gasteiger partial charge in [0.25, 0.3) is 0 Å². The van der Waals surface area contributed by atoms with E-state index in [1.165, 1.54) is 0 Å². The molecule has 0 aromatic carbocycles. The van der Waals surface area contributed by atoms with E-state index >= 15 is 0 Å². The summed E-state index contributed by atoms with van der Waals surface area (Å²) in [6.45, 7) is 0.216. The Morgan fingerprint density at radius 3 is 1.33 bits per heavy atom. The van der Waals surface area contributed by atoms with Crippen LogP contribution in [0.25, 0.3) is 0 Å². The fourth-order valence-electron chi connectivity index (χ4n) is 0.514. The van der Waals surface area contributed by atoms with Crippen LogP contribution < -0.4 is 0 Å². The number of aliphatic hydroxyl groups is 4. The van der Waals surface area contributed by atoms with Crippen LogP contribution in [-0.2, 0) is 4.79 Å². The lowest BCUT2D eigenvalue weighted by molar-refractivity contribution is -0.137. The Kier molecular flexibility index (Phi) is 11.0. The number of carboxylic acids is 1. The van der Waals surface area contributed by atoms with Gasteiger partial charge in [-0.3, -0.25) is 4.79 Å². The lowest BCUT2D eigenvalue weighted by Gasteiger charge is -2.23. The summed E-state index contributed by atoms with van der Waals surface area (Å²) in [6.07, 6.45) is 1.02. The molecule has 92 valence electrons. The van der Waals surface area contributed by atoms with Crippen molar-refractivity contribution < 1.29 is 30.3 Å². The smallest absolute Gasteiger partial charge is 0.303 e. The van der Waals surface area contributed by atoms with Crippen molar-refractivity contribution in [1.29, 1.82) is 0 Å². The standard InChI is InChI=1S/C5H12O4.C4H8O2/c6-1-5(2-7,3-8)4-9;1-2-3-4(5)6/h6-9H,1-4H2;2-3H2,1H3,(H,5,6). The van der Waals surface area contributed by atoms with Gasteiger partial charge < -0.3 is 25.5 Å². The molecule has 0 aliphatic rings. The molecule has 0 saturated carbocycles. The topological polar surface area (TPSA) is 118 Å². The Labute approximate surface area is 88.8 Å². The fourth-order valence-corrected chi connectivity index (χ4v) is 0.514. The van der Waals surface area contributed by atoms with Gasteiger partial charge in [-0.2, -0.15) is 0 Å². The average molecular weight is 224 g/mol. The highest BCUT2D eigenvalue weighted by Crippen LogP contribution is 2.11. The van der Waals surface area contributed by atoms with Gasteiger partial charge in [0, 0.05) is 6.42 Å². The highest BCUT2D eigenvalue weighted by atomic mass is 16.4. The molecule has 0 aromatic rings. The molecule has 6 nitrogen and oxygen atoms in total. The first kappa shape index (κ1) is 16.7. The zero-order chi connectivity index (χ0) is 12.3. The Hall–Kier alpha value is -0.690. The minimum Gasteiger partial charge on any atom is -0.481 e. The number of carboxylic acid groups (broad SMARTS) is 1. The number of hydrogen-bond acceptors (Lipinski definition) is 5. The molecule has 6 heteroatoms. The van der Waals surface area contributed by atoms with Crippen molar-refractivity contribution in [2.45, 2.75) is 19.8 Å². The molecule has 0 spiro atoms. The predicted octanol–water partition coefficient (Wildman–Crippen LogP) is -1.19. The van der Waals surface area contributed by atoms with Gasteiger partial charge in [-0.15, -0.1) is 0 Å². The Morgan fingerprint density at radius 1 is 1.00 bits per heavy atom. The molecule has 0 fully saturated rings. The van der Waals surface area contributed by atoms with E-state index in [2.05, 4.69) is 0 Å². The number of hydrogen-bond donors (Lipinski definition) is 5. The average Bonchev–Trinajstić information content (AvgIpc) is 2.23. The first-order valence-corrected chi connectivity index (χ1v) is 4.67. The molecule has 5 N–H and O–H groups in total. The lowest BCUT2D eigenvalue weighted by atomic mass is 9.93. The van der Waals surface area contributed by atoms with Crippen molar-refractivity contribution in [2.75, 3.05) is 26.4 Å². The third kappa shape index (κ3) is 8.31. The van der Waals surface area contributed by atoms with E-state index in [1.54, 1.807) is 0 Å². The molecule has 0 heterocycles. The molecular formula is C9H20O6. The Balaban J connectivity index is 0. The van der Waals surface area contributed by atoms with E-state index in [0.717, 1.165) is 6.42 Å². The summed E-state index contributed by atoms with van der Waals surface area (Å²) >= 11 is 0. The van der Waals surface area contributed by atoms with E-state index in [4.69, 9.17) is 25.5 Å². The number of aliphatic carboxylic acids is 1. The van der Waals surface area contributed by atoms with Crippen molar-refractivity contribution >= 4 is 5.97 Å². The fraction of sp³-hybridized carbons (Fsp3) is 0.889. The molecule has 15 heavy (non-hydrogen) atoms. The zero-order valence-corrected chi connectivity index (χ0v) is 8.89. The second-order valence-corrected chi connectivity index (χ2v) is 3.28. The van der Waals surface area contributed by atoms with E-state index in [-0.39, 0.29) is 0 Å². The molecule has 0 atom stereocenters. The zero-order valence-electron chi connectivity index (χ0n) is 8.89. The molecule has 0 amide bonds. The van der Waals surface area contributed by atoms with E-state index in [9.17, 15) is 4.79 Å². The van der Waals surface area contributed by atoms with Crippen LogP contribution in [0.15, 0.2) is 0 Å². The minimum absolute atomic E-state index is 0.292. The minimum atomic E-state index is -1.11. The largest absolute Gasteiger partial charge is 0.481 e. The quantitative estimate of drug-likeness (QED) is 0.387. The molecule has 0 aliphatic carbocycles. The Morgan fingerprint density at radius 2 is 1.33 bits per heavy atom. The second kappa shape index (κ2) is 9.85. The number of carbonyl (C=O) groups is 1. The third-order valence-corrected chi connectivity index (χ3v) is 1.81. The van der Waals surface area contributed by atoms with Gasteiger partial charge in [0.1, 0.15) is 0 Å². The van der Waals surface area contributed by atoms with Crippen LogP contribution in [-0.4, -0.2) is 57.9 Å². The van der Waals surface area contributed by atoms with Crippen molar-refractivity contribution in [3.05, 3.63) is 0 Å². The summed E-state index contributed by atoms with van der Waals surface area (Å²) in [4.78, 5) is 9.60. The van der Waals surface area contributed by atoms with Crippen LogP contribution in [0, 0.1) is 5.41 Å². The Bertz CT molecular complexity index is 137. The molecule has 0 radical (unpaired) electrons. The maximum absolute atomic E-state index is 9.60. The summed E-state index contributed by atoms with van der Waals surface area (Å²) < 4.78 is 0. The van der Waals surface area contributed by atoms with Crippen LogP contribution in [0.2, 0.25) is 0 Å². The summed E-state index contributed by atoms with van der Waals surface area (Å²) in [6, 6.07) is 0. The van der Waals surface area contributed by atoms with E-state index in [1.807, 2.05) is 6.92 Å². The van der Waals surface area contributed by atoms with Gasteiger partial charge in [-0.25, -0.2) is 0 Å². The molecule has 0 aromatic heterocycles. The van der Waals surface area contributed by atoms with Gasteiger partial charge in [-0.1, -0.05) is 6.92 Å². The third-order valence-electron chi connectivity index (χ3n) is 1.81. The van der Waals surface area contributed by atoms with Crippen LogP contribution >= 0.6 is 0 Å². The molecular weight excluding hydrogens is 204 g/mol. The molecule has 0 aliphatic heterocycles. The highest BCUT2D eigenvalue weighted by Gasteiger charge is 2.26.